The van der Waals surface area contributed by atoms with Gasteiger partial charge in [-0.25, -0.2) is 0 Å². The Morgan fingerprint density at radius 1 is 1.12 bits per heavy atom. The summed E-state index contributed by atoms with van der Waals surface area (Å²) in [6, 6.07) is 6.84. The standard InChI is InChI=1S/C24H43N5O2.HI/c1-19(2)22(29-12-10-28(5)11-13-29)18-27-24(25-4)26-17-21-9-8-20(3)16-23(21)31-15-7-14-30-6;/h8-9,16,19,22H,7,10-15,17-18H2,1-6H3,(H2,25,26,27);1H. The van der Waals surface area contributed by atoms with Crippen LogP contribution in [0.2, 0.25) is 0 Å². The second kappa shape index (κ2) is 15.7. The van der Waals surface area contributed by atoms with Crippen LogP contribution in [0.3, 0.4) is 0 Å². The van der Waals surface area contributed by atoms with Crippen LogP contribution in [-0.4, -0.2) is 88.9 Å². The lowest BCUT2D eigenvalue weighted by Gasteiger charge is -2.40. The normalized spacial score (nSPS) is 16.5. The van der Waals surface area contributed by atoms with Crippen LogP contribution in [0.25, 0.3) is 0 Å². The first-order chi connectivity index (χ1) is 14.9. The number of likely N-dealkylation sites (N-methyl/N-ethyl adjacent to an activating group) is 1. The van der Waals surface area contributed by atoms with Crippen molar-refractivity contribution in [1.29, 1.82) is 0 Å². The lowest BCUT2D eigenvalue weighted by molar-refractivity contribution is 0.0900. The van der Waals surface area contributed by atoms with Crippen molar-refractivity contribution in [3.63, 3.8) is 0 Å². The minimum Gasteiger partial charge on any atom is -0.493 e. The Hall–Kier alpha value is -1.10. The lowest BCUT2D eigenvalue weighted by Crippen LogP contribution is -2.55. The molecule has 2 rings (SSSR count). The van der Waals surface area contributed by atoms with Crippen molar-refractivity contribution in [3.05, 3.63) is 29.3 Å². The Balaban J connectivity index is 0.00000512. The van der Waals surface area contributed by atoms with E-state index in [1.165, 1.54) is 5.56 Å². The topological polar surface area (TPSA) is 61.4 Å². The molecule has 0 spiro atoms. The number of rotatable bonds is 11. The average molecular weight is 562 g/mol. The first-order valence-electron chi connectivity index (χ1n) is 11.5. The van der Waals surface area contributed by atoms with E-state index in [0.717, 1.165) is 56.4 Å². The van der Waals surface area contributed by atoms with Crippen molar-refractivity contribution in [2.45, 2.75) is 39.8 Å². The van der Waals surface area contributed by atoms with Gasteiger partial charge in [0.15, 0.2) is 5.96 Å². The third-order valence-electron chi connectivity index (χ3n) is 5.90. The Morgan fingerprint density at radius 2 is 1.84 bits per heavy atom. The van der Waals surface area contributed by atoms with Gasteiger partial charge >= 0.3 is 0 Å². The number of hydrogen-bond acceptors (Lipinski definition) is 5. The fourth-order valence-electron chi connectivity index (χ4n) is 3.87. The minimum atomic E-state index is 0. The first kappa shape index (κ1) is 28.9. The molecule has 2 N–H and O–H groups in total. The van der Waals surface area contributed by atoms with E-state index in [1.54, 1.807) is 7.11 Å². The van der Waals surface area contributed by atoms with E-state index in [2.05, 4.69) is 71.4 Å². The fourth-order valence-corrected chi connectivity index (χ4v) is 3.87. The number of nitrogens with one attached hydrogen (secondary N) is 2. The average Bonchev–Trinajstić information content (AvgIpc) is 2.75. The van der Waals surface area contributed by atoms with Crippen molar-refractivity contribution >= 4 is 29.9 Å². The monoisotopic (exact) mass is 561 g/mol. The van der Waals surface area contributed by atoms with E-state index in [4.69, 9.17) is 9.47 Å². The number of methoxy groups -OCH3 is 1. The van der Waals surface area contributed by atoms with Crippen LogP contribution >= 0.6 is 24.0 Å². The molecule has 0 saturated carbocycles. The van der Waals surface area contributed by atoms with Crippen molar-refractivity contribution in [2.75, 3.05) is 67.1 Å². The van der Waals surface area contributed by atoms with Gasteiger partial charge in [-0.1, -0.05) is 26.0 Å². The fraction of sp³-hybridized carbons (Fsp3) is 0.708. The third kappa shape index (κ3) is 9.80. The van der Waals surface area contributed by atoms with E-state index in [-0.39, 0.29) is 24.0 Å². The quantitative estimate of drug-likeness (QED) is 0.188. The molecular weight excluding hydrogens is 517 g/mol. The van der Waals surface area contributed by atoms with Crippen molar-refractivity contribution in [1.82, 2.24) is 20.4 Å². The molecule has 0 amide bonds. The van der Waals surface area contributed by atoms with Crippen LogP contribution in [0, 0.1) is 12.8 Å². The molecule has 7 nitrogen and oxygen atoms in total. The zero-order valence-corrected chi connectivity index (χ0v) is 23.1. The molecule has 0 bridgehead atoms. The molecule has 1 heterocycles. The molecule has 1 unspecified atom stereocenters. The number of ether oxygens (including phenoxy) is 2. The molecule has 32 heavy (non-hydrogen) atoms. The number of piperazine rings is 1. The van der Waals surface area contributed by atoms with E-state index >= 15 is 0 Å². The van der Waals surface area contributed by atoms with Gasteiger partial charge in [0.25, 0.3) is 0 Å². The highest BCUT2D eigenvalue weighted by Gasteiger charge is 2.25. The van der Waals surface area contributed by atoms with Crippen LogP contribution in [0.15, 0.2) is 23.2 Å². The van der Waals surface area contributed by atoms with E-state index in [0.29, 0.717) is 31.7 Å². The molecule has 0 radical (unpaired) electrons. The van der Waals surface area contributed by atoms with Gasteiger partial charge in [-0.15, -0.1) is 24.0 Å². The van der Waals surface area contributed by atoms with Gasteiger partial charge in [-0.05, 0) is 31.5 Å². The predicted molar refractivity (Wildman–Crippen MR) is 144 cm³/mol. The second-order valence-corrected chi connectivity index (χ2v) is 8.76. The SMILES string of the molecule is CN=C(NCc1ccc(C)cc1OCCCOC)NCC(C(C)C)N1CCN(C)CC1.I. The molecule has 1 aliphatic heterocycles. The third-order valence-corrected chi connectivity index (χ3v) is 5.90. The highest BCUT2D eigenvalue weighted by molar-refractivity contribution is 14.0. The van der Waals surface area contributed by atoms with Gasteiger partial charge in [0.05, 0.1) is 6.61 Å². The largest absolute Gasteiger partial charge is 0.493 e. The van der Waals surface area contributed by atoms with Crippen molar-refractivity contribution in [2.24, 2.45) is 10.9 Å². The summed E-state index contributed by atoms with van der Waals surface area (Å²) in [7, 11) is 5.74. The summed E-state index contributed by atoms with van der Waals surface area (Å²) in [6.45, 7) is 14.1. The first-order valence-corrected chi connectivity index (χ1v) is 11.5. The Labute approximate surface area is 212 Å². The number of guanidine groups is 1. The molecule has 1 fully saturated rings. The zero-order valence-electron chi connectivity index (χ0n) is 20.8. The van der Waals surface area contributed by atoms with Crippen LogP contribution in [0.4, 0.5) is 0 Å². The second-order valence-electron chi connectivity index (χ2n) is 8.76. The Morgan fingerprint density at radius 3 is 2.47 bits per heavy atom. The van der Waals surface area contributed by atoms with Gasteiger partial charge in [0.2, 0.25) is 0 Å². The number of nitrogens with zero attached hydrogens (tertiary/aromatic N) is 3. The number of halogens is 1. The molecule has 1 aromatic rings. The molecule has 1 aliphatic rings. The smallest absolute Gasteiger partial charge is 0.191 e. The maximum Gasteiger partial charge on any atom is 0.191 e. The molecule has 0 aromatic heterocycles. The summed E-state index contributed by atoms with van der Waals surface area (Å²) in [6.07, 6.45) is 0.878. The number of aryl methyl sites for hydroxylation is 1. The van der Waals surface area contributed by atoms with Gasteiger partial charge in [0, 0.05) is 78.1 Å². The summed E-state index contributed by atoms with van der Waals surface area (Å²) in [5.41, 5.74) is 2.32. The highest BCUT2D eigenvalue weighted by Crippen LogP contribution is 2.20. The summed E-state index contributed by atoms with van der Waals surface area (Å²) >= 11 is 0. The summed E-state index contributed by atoms with van der Waals surface area (Å²) in [5, 5.41) is 7.01. The summed E-state index contributed by atoms with van der Waals surface area (Å²) in [4.78, 5) is 9.44. The zero-order chi connectivity index (χ0) is 22.6. The van der Waals surface area contributed by atoms with Crippen LogP contribution < -0.4 is 15.4 Å². The number of hydrogen-bond donors (Lipinski definition) is 2. The van der Waals surface area contributed by atoms with Crippen LogP contribution in [0.5, 0.6) is 5.75 Å². The molecule has 1 atom stereocenters. The van der Waals surface area contributed by atoms with Crippen molar-refractivity contribution in [3.8, 4) is 5.75 Å². The van der Waals surface area contributed by atoms with Crippen LogP contribution in [0.1, 0.15) is 31.4 Å². The van der Waals surface area contributed by atoms with Gasteiger partial charge < -0.3 is 25.0 Å². The molecule has 1 aromatic carbocycles. The Bertz CT molecular complexity index is 678. The summed E-state index contributed by atoms with van der Waals surface area (Å²) in [5.74, 6) is 2.33. The van der Waals surface area contributed by atoms with Gasteiger partial charge in [-0.2, -0.15) is 0 Å². The molecule has 8 heteroatoms. The van der Waals surface area contributed by atoms with Crippen molar-refractivity contribution < 1.29 is 9.47 Å². The molecule has 1 saturated heterocycles. The lowest BCUT2D eigenvalue weighted by atomic mass is 10.0. The predicted octanol–water partition coefficient (Wildman–Crippen LogP) is 2.97. The minimum absolute atomic E-state index is 0. The van der Waals surface area contributed by atoms with Gasteiger partial charge in [-0.3, -0.25) is 9.89 Å². The molecule has 184 valence electrons. The maximum atomic E-state index is 6.01. The van der Waals surface area contributed by atoms with E-state index in [1.807, 2.05) is 7.05 Å². The maximum absolute atomic E-state index is 6.01. The van der Waals surface area contributed by atoms with Gasteiger partial charge in [0.1, 0.15) is 5.75 Å². The van der Waals surface area contributed by atoms with E-state index < -0.39 is 0 Å². The highest BCUT2D eigenvalue weighted by atomic mass is 127. The number of aliphatic imine (C=N–C) groups is 1. The summed E-state index contributed by atoms with van der Waals surface area (Å²) < 4.78 is 11.1. The Kier molecular flexibility index (Phi) is 14.2. The van der Waals surface area contributed by atoms with E-state index in [9.17, 15) is 0 Å². The number of benzene rings is 1. The van der Waals surface area contributed by atoms with Crippen LogP contribution in [-0.2, 0) is 11.3 Å². The molecular formula is C24H44IN5O2. The molecule has 0 aliphatic carbocycles.